The molecule has 1 saturated carbocycles. The van der Waals surface area contributed by atoms with E-state index >= 15 is 0 Å². The lowest BCUT2D eigenvalue weighted by Gasteiger charge is -2.24. The highest BCUT2D eigenvalue weighted by molar-refractivity contribution is 7.89. The van der Waals surface area contributed by atoms with Gasteiger partial charge in [-0.2, -0.15) is 4.31 Å². The van der Waals surface area contributed by atoms with E-state index in [9.17, 15) is 8.42 Å². The molecule has 1 unspecified atom stereocenters. The van der Waals surface area contributed by atoms with Crippen LogP contribution in [0.15, 0.2) is 11.0 Å². The molecule has 4 nitrogen and oxygen atoms in total. The Kier molecular flexibility index (Phi) is 3.92. The smallest absolute Gasteiger partial charge is 0.244 e. The summed E-state index contributed by atoms with van der Waals surface area (Å²) in [6.07, 6.45) is 2.96. The molecule has 20 heavy (non-hydrogen) atoms. The van der Waals surface area contributed by atoms with Crippen LogP contribution in [0.1, 0.15) is 29.0 Å². The van der Waals surface area contributed by atoms with Gasteiger partial charge in [-0.25, -0.2) is 8.42 Å². The van der Waals surface area contributed by atoms with Crippen LogP contribution >= 0.6 is 11.3 Å². The molecule has 0 N–H and O–H groups in total. The Morgan fingerprint density at radius 1 is 1.35 bits per heavy atom. The molecule has 112 valence electrons. The summed E-state index contributed by atoms with van der Waals surface area (Å²) in [5, 5.41) is 0. The molecule has 3 rings (SSSR count). The molecule has 2 aliphatic rings. The monoisotopic (exact) mass is 315 g/mol. The fraction of sp³-hybridized carbons (Fsp3) is 0.714. The number of aryl methyl sites for hydroxylation is 2. The lowest BCUT2D eigenvalue weighted by molar-refractivity contribution is 0.180. The maximum atomic E-state index is 12.9. The second kappa shape index (κ2) is 5.40. The summed E-state index contributed by atoms with van der Waals surface area (Å²) in [5.41, 5.74) is 0. The lowest BCUT2D eigenvalue weighted by Crippen LogP contribution is -2.37. The van der Waals surface area contributed by atoms with Gasteiger partial charge in [0, 0.05) is 28.9 Å². The largest absolute Gasteiger partial charge is 0.381 e. The van der Waals surface area contributed by atoms with Crippen molar-refractivity contribution in [3.8, 4) is 0 Å². The van der Waals surface area contributed by atoms with Crippen LogP contribution < -0.4 is 0 Å². The molecule has 0 spiro atoms. The Morgan fingerprint density at radius 2 is 2.10 bits per heavy atom. The van der Waals surface area contributed by atoms with Crippen LogP contribution in [0.3, 0.4) is 0 Å². The normalized spacial score (nSPS) is 23.6. The van der Waals surface area contributed by atoms with Gasteiger partial charge in [-0.3, -0.25) is 0 Å². The third-order valence-electron chi connectivity index (χ3n) is 4.00. The van der Waals surface area contributed by atoms with E-state index in [0.29, 0.717) is 24.0 Å². The van der Waals surface area contributed by atoms with Crippen molar-refractivity contribution in [2.75, 3.05) is 19.8 Å². The van der Waals surface area contributed by atoms with Crippen molar-refractivity contribution in [2.45, 2.75) is 44.0 Å². The van der Waals surface area contributed by atoms with E-state index in [4.69, 9.17) is 4.74 Å². The highest BCUT2D eigenvalue weighted by Crippen LogP contribution is 2.36. The van der Waals surface area contributed by atoms with Crippen LogP contribution in [-0.2, 0) is 14.8 Å². The van der Waals surface area contributed by atoms with Crippen LogP contribution in [0.25, 0.3) is 0 Å². The third-order valence-corrected chi connectivity index (χ3v) is 7.14. The fourth-order valence-corrected chi connectivity index (χ4v) is 6.06. The first-order valence-corrected chi connectivity index (χ1v) is 9.41. The number of rotatable bonds is 5. The number of sulfonamides is 1. The molecule has 1 saturated heterocycles. The van der Waals surface area contributed by atoms with Crippen molar-refractivity contribution in [3.05, 3.63) is 15.8 Å². The zero-order chi connectivity index (χ0) is 14.3. The predicted octanol–water partition coefficient (Wildman–Crippen LogP) is 2.55. The molecular weight excluding hydrogens is 294 g/mol. The van der Waals surface area contributed by atoms with Gasteiger partial charge in [-0.15, -0.1) is 11.3 Å². The zero-order valence-electron chi connectivity index (χ0n) is 12.0. The van der Waals surface area contributed by atoms with E-state index in [1.165, 1.54) is 0 Å². The van der Waals surface area contributed by atoms with Crippen molar-refractivity contribution in [1.82, 2.24) is 4.31 Å². The third kappa shape index (κ3) is 2.79. The van der Waals surface area contributed by atoms with Gasteiger partial charge in [0.15, 0.2) is 0 Å². The zero-order valence-corrected chi connectivity index (χ0v) is 13.6. The predicted molar refractivity (Wildman–Crippen MR) is 79.6 cm³/mol. The molecule has 2 fully saturated rings. The SMILES string of the molecule is Cc1cc(S(=O)(=O)N(CC2CCOC2)C2CC2)c(C)s1. The minimum atomic E-state index is -3.35. The summed E-state index contributed by atoms with van der Waals surface area (Å²) in [7, 11) is -3.35. The topological polar surface area (TPSA) is 46.6 Å². The summed E-state index contributed by atoms with van der Waals surface area (Å²) in [5.74, 6) is 0.352. The van der Waals surface area contributed by atoms with Gasteiger partial charge in [0.25, 0.3) is 0 Å². The second-order valence-corrected chi connectivity index (χ2v) is 9.13. The molecule has 1 aromatic heterocycles. The van der Waals surface area contributed by atoms with E-state index in [2.05, 4.69) is 0 Å². The van der Waals surface area contributed by atoms with Crippen molar-refractivity contribution in [2.24, 2.45) is 5.92 Å². The summed E-state index contributed by atoms with van der Waals surface area (Å²) in [6, 6.07) is 2.02. The molecular formula is C14H21NO3S2. The Labute approximate surface area is 124 Å². The number of hydrogen-bond donors (Lipinski definition) is 0. The molecule has 1 atom stereocenters. The maximum Gasteiger partial charge on any atom is 0.244 e. The standard InChI is InChI=1S/C14H21NO3S2/c1-10-7-14(11(2)19-10)20(16,17)15(13-3-4-13)8-12-5-6-18-9-12/h7,12-13H,3-6,8-9H2,1-2H3. The summed E-state index contributed by atoms with van der Waals surface area (Å²) >= 11 is 1.56. The van der Waals surface area contributed by atoms with Crippen LogP contribution in [0.5, 0.6) is 0 Å². The summed E-state index contributed by atoms with van der Waals surface area (Å²) in [6.45, 7) is 5.93. The fourth-order valence-electron chi connectivity index (χ4n) is 2.78. The highest BCUT2D eigenvalue weighted by atomic mass is 32.2. The maximum absolute atomic E-state index is 12.9. The van der Waals surface area contributed by atoms with E-state index in [0.717, 1.165) is 35.6 Å². The first-order chi connectivity index (χ1) is 9.48. The first kappa shape index (κ1) is 14.5. The van der Waals surface area contributed by atoms with Gasteiger partial charge in [0.05, 0.1) is 11.5 Å². The Morgan fingerprint density at radius 3 is 2.60 bits per heavy atom. The quantitative estimate of drug-likeness (QED) is 0.839. The molecule has 0 amide bonds. The van der Waals surface area contributed by atoms with Crippen molar-refractivity contribution in [1.29, 1.82) is 0 Å². The van der Waals surface area contributed by atoms with Crippen molar-refractivity contribution < 1.29 is 13.2 Å². The van der Waals surface area contributed by atoms with Crippen LogP contribution in [0.4, 0.5) is 0 Å². The number of nitrogens with zero attached hydrogens (tertiary/aromatic N) is 1. The van der Waals surface area contributed by atoms with Crippen molar-refractivity contribution >= 4 is 21.4 Å². The van der Waals surface area contributed by atoms with Crippen LogP contribution in [0.2, 0.25) is 0 Å². The second-order valence-electron chi connectivity index (χ2n) is 5.81. The molecule has 0 radical (unpaired) electrons. The first-order valence-electron chi connectivity index (χ1n) is 7.15. The molecule has 6 heteroatoms. The van der Waals surface area contributed by atoms with E-state index < -0.39 is 10.0 Å². The van der Waals surface area contributed by atoms with Gasteiger partial charge < -0.3 is 4.74 Å². The number of ether oxygens (including phenoxy) is 1. The molecule has 2 heterocycles. The Balaban J connectivity index is 1.87. The minimum Gasteiger partial charge on any atom is -0.381 e. The molecule has 0 aromatic carbocycles. The highest BCUT2D eigenvalue weighted by Gasteiger charge is 2.40. The van der Waals surface area contributed by atoms with Gasteiger partial charge in [0.1, 0.15) is 0 Å². The van der Waals surface area contributed by atoms with Gasteiger partial charge >= 0.3 is 0 Å². The van der Waals surface area contributed by atoms with Crippen LogP contribution in [-0.4, -0.2) is 38.5 Å². The van der Waals surface area contributed by atoms with E-state index in [-0.39, 0.29) is 6.04 Å². The number of thiophene rings is 1. The molecule has 1 aliphatic heterocycles. The van der Waals surface area contributed by atoms with E-state index in [1.54, 1.807) is 15.6 Å². The van der Waals surface area contributed by atoms with E-state index in [1.807, 2.05) is 19.9 Å². The molecule has 1 aromatic rings. The summed E-state index contributed by atoms with van der Waals surface area (Å²) < 4.78 is 33.0. The number of hydrogen-bond acceptors (Lipinski definition) is 4. The molecule has 0 bridgehead atoms. The Hall–Kier alpha value is -0.430. The lowest BCUT2D eigenvalue weighted by atomic mass is 10.1. The van der Waals surface area contributed by atoms with Crippen molar-refractivity contribution in [3.63, 3.8) is 0 Å². The summed E-state index contributed by atoms with van der Waals surface area (Å²) in [4.78, 5) is 2.46. The Bertz CT molecular complexity index is 584. The minimum absolute atomic E-state index is 0.209. The van der Waals surface area contributed by atoms with Gasteiger partial charge in [-0.1, -0.05) is 0 Å². The average Bonchev–Trinajstić information content (AvgIpc) is 2.96. The molecule has 1 aliphatic carbocycles. The van der Waals surface area contributed by atoms with Gasteiger partial charge in [0.2, 0.25) is 10.0 Å². The average molecular weight is 315 g/mol. The van der Waals surface area contributed by atoms with Gasteiger partial charge in [-0.05, 0) is 45.1 Å². The van der Waals surface area contributed by atoms with Crippen LogP contribution in [0, 0.1) is 19.8 Å².